The van der Waals surface area contributed by atoms with Gasteiger partial charge in [-0.2, -0.15) is 0 Å². The average molecular weight is 470 g/mol. The molecule has 3 aromatic carbocycles. The largest absolute Gasteiger partial charge is 0.486 e. The van der Waals surface area contributed by atoms with Crippen molar-refractivity contribution in [3.8, 4) is 33.4 Å². The number of aromatic nitrogens is 2. The van der Waals surface area contributed by atoms with Crippen LogP contribution >= 0.6 is 11.3 Å². The van der Waals surface area contributed by atoms with Crippen molar-refractivity contribution in [2.75, 3.05) is 18.5 Å². The van der Waals surface area contributed by atoms with E-state index in [4.69, 9.17) is 19.0 Å². The molecule has 0 bridgehead atoms. The van der Waals surface area contributed by atoms with Crippen LogP contribution < -0.4 is 14.8 Å². The van der Waals surface area contributed by atoms with Crippen LogP contribution in [0.2, 0.25) is 0 Å². The molecule has 34 heavy (non-hydrogen) atoms. The van der Waals surface area contributed by atoms with E-state index in [-0.39, 0.29) is 11.6 Å². The Morgan fingerprint density at radius 3 is 2.56 bits per heavy atom. The molecule has 0 radical (unpaired) electrons. The number of ether oxygens (including phenoxy) is 2. The van der Waals surface area contributed by atoms with Crippen molar-refractivity contribution < 1.29 is 18.8 Å². The van der Waals surface area contributed by atoms with Gasteiger partial charge < -0.3 is 19.3 Å². The maximum atomic E-state index is 12.7. The van der Waals surface area contributed by atoms with Crippen molar-refractivity contribution in [3.63, 3.8) is 0 Å². The Balaban J connectivity index is 1.17. The molecule has 0 unspecified atom stereocenters. The highest BCUT2D eigenvalue weighted by molar-refractivity contribution is 7.21. The molecule has 1 amide bonds. The van der Waals surface area contributed by atoms with Crippen LogP contribution in [0.25, 0.3) is 32.1 Å². The molecule has 0 saturated carbocycles. The van der Waals surface area contributed by atoms with Gasteiger partial charge in [0, 0.05) is 22.9 Å². The molecule has 0 spiro atoms. The van der Waals surface area contributed by atoms with E-state index >= 15 is 0 Å². The van der Waals surface area contributed by atoms with Gasteiger partial charge in [-0.25, -0.2) is 4.98 Å². The molecule has 168 valence electrons. The third-order valence-corrected chi connectivity index (χ3v) is 6.57. The molecule has 1 N–H and O–H groups in total. The smallest absolute Gasteiger partial charge is 0.277 e. The highest BCUT2D eigenvalue weighted by Crippen LogP contribution is 2.35. The van der Waals surface area contributed by atoms with E-state index in [9.17, 15) is 4.79 Å². The minimum Gasteiger partial charge on any atom is -0.486 e. The first-order chi connectivity index (χ1) is 16.6. The Hall–Kier alpha value is -4.17. The number of anilines is 1. The lowest BCUT2D eigenvalue weighted by atomic mass is 10.1. The molecule has 5 aromatic rings. The number of hydrogen-bond acceptors (Lipinski definition) is 7. The lowest BCUT2D eigenvalue weighted by Gasteiger charge is -2.18. The van der Waals surface area contributed by atoms with E-state index in [1.54, 1.807) is 17.4 Å². The maximum Gasteiger partial charge on any atom is 0.277 e. The van der Waals surface area contributed by atoms with Crippen LogP contribution in [0.3, 0.4) is 0 Å². The van der Waals surface area contributed by atoms with Crippen LogP contribution in [0, 0.1) is 6.92 Å². The highest BCUT2D eigenvalue weighted by atomic mass is 32.1. The third kappa shape index (κ3) is 3.88. The first-order valence-electron chi connectivity index (χ1n) is 10.8. The number of carbonyl (C=O) groups excluding carboxylic acids is 1. The van der Waals surface area contributed by atoms with Crippen molar-refractivity contribution in [3.05, 3.63) is 78.0 Å². The van der Waals surface area contributed by atoms with Crippen LogP contribution in [0.15, 0.2) is 71.3 Å². The second kappa shape index (κ2) is 8.31. The van der Waals surface area contributed by atoms with Gasteiger partial charge in [-0.15, -0.1) is 11.3 Å². The molecule has 0 atom stereocenters. The standard InChI is InChI=1S/C26H19N3O4S/c1-15-2-8-19-24(12-15)34-26(28-19)16-3-6-18(7-4-16)27-25(30)20-14-22(33-29-20)17-5-9-21-23(13-17)32-11-10-31-21/h2-9,12-14H,10-11H2,1H3,(H,27,30). The number of nitrogens with one attached hydrogen (secondary N) is 1. The molecule has 1 aliphatic rings. The zero-order valence-electron chi connectivity index (χ0n) is 18.2. The number of thiazole rings is 1. The first kappa shape index (κ1) is 20.4. The summed E-state index contributed by atoms with van der Waals surface area (Å²) in [5.74, 6) is 1.46. The molecule has 0 fully saturated rings. The van der Waals surface area contributed by atoms with Crippen molar-refractivity contribution in [1.82, 2.24) is 10.1 Å². The van der Waals surface area contributed by atoms with Gasteiger partial charge in [0.25, 0.3) is 5.91 Å². The number of rotatable bonds is 4. The lowest BCUT2D eigenvalue weighted by Crippen LogP contribution is -2.15. The van der Waals surface area contributed by atoms with Crippen molar-refractivity contribution >= 4 is 33.1 Å². The number of nitrogens with zero attached hydrogens (tertiary/aromatic N) is 2. The van der Waals surface area contributed by atoms with Gasteiger partial charge in [-0.3, -0.25) is 4.79 Å². The first-order valence-corrected chi connectivity index (χ1v) is 11.6. The second-order valence-electron chi connectivity index (χ2n) is 7.96. The molecular weight excluding hydrogens is 450 g/mol. The Morgan fingerprint density at radius 2 is 1.71 bits per heavy atom. The van der Waals surface area contributed by atoms with Gasteiger partial charge in [0.05, 0.1) is 10.2 Å². The molecule has 3 heterocycles. The summed E-state index contributed by atoms with van der Waals surface area (Å²) >= 11 is 1.65. The molecule has 7 nitrogen and oxygen atoms in total. The SMILES string of the molecule is Cc1ccc2nc(-c3ccc(NC(=O)c4cc(-c5ccc6c(c5)OCCO6)on4)cc3)sc2c1. The van der Waals surface area contributed by atoms with Gasteiger partial charge in [-0.1, -0.05) is 11.2 Å². The summed E-state index contributed by atoms with van der Waals surface area (Å²) in [5, 5.41) is 7.74. The molecule has 2 aromatic heterocycles. The van der Waals surface area contributed by atoms with E-state index in [0.717, 1.165) is 26.4 Å². The molecule has 0 saturated heterocycles. The third-order valence-electron chi connectivity index (χ3n) is 5.50. The summed E-state index contributed by atoms with van der Waals surface area (Å²) in [6, 6.07) is 20.9. The minimum absolute atomic E-state index is 0.190. The number of carbonyl (C=O) groups is 1. The molecule has 6 rings (SSSR count). The van der Waals surface area contributed by atoms with E-state index in [1.165, 1.54) is 5.56 Å². The molecular formula is C26H19N3O4S. The highest BCUT2D eigenvalue weighted by Gasteiger charge is 2.17. The van der Waals surface area contributed by atoms with Gasteiger partial charge in [0.2, 0.25) is 0 Å². The Morgan fingerprint density at radius 1 is 0.912 bits per heavy atom. The molecule has 8 heteroatoms. The monoisotopic (exact) mass is 469 g/mol. The quantitative estimate of drug-likeness (QED) is 0.350. The van der Waals surface area contributed by atoms with Gasteiger partial charge in [0.15, 0.2) is 23.0 Å². The number of hydrogen-bond donors (Lipinski definition) is 1. The van der Waals surface area contributed by atoms with Gasteiger partial charge in [-0.05, 0) is 67.1 Å². The summed E-state index contributed by atoms with van der Waals surface area (Å²) in [4.78, 5) is 17.4. The second-order valence-corrected chi connectivity index (χ2v) is 8.99. The fraction of sp³-hybridized carbons (Fsp3) is 0.115. The van der Waals surface area contributed by atoms with Crippen LogP contribution in [0.5, 0.6) is 11.5 Å². The number of benzene rings is 3. The lowest BCUT2D eigenvalue weighted by molar-refractivity contribution is 0.101. The van der Waals surface area contributed by atoms with E-state index in [1.807, 2.05) is 48.5 Å². The van der Waals surface area contributed by atoms with Gasteiger partial charge >= 0.3 is 0 Å². The summed E-state index contributed by atoms with van der Waals surface area (Å²) in [5.41, 5.74) is 4.81. The maximum absolute atomic E-state index is 12.7. The summed E-state index contributed by atoms with van der Waals surface area (Å²) < 4.78 is 17.7. The Labute approximate surface area is 199 Å². The zero-order valence-corrected chi connectivity index (χ0v) is 19.0. The molecule has 1 aliphatic heterocycles. The fourth-order valence-corrected chi connectivity index (χ4v) is 4.83. The topological polar surface area (TPSA) is 86.5 Å². The minimum atomic E-state index is -0.351. The predicted octanol–water partition coefficient (Wildman–Crippen LogP) is 5.95. The summed E-state index contributed by atoms with van der Waals surface area (Å²) in [6.07, 6.45) is 0. The van der Waals surface area contributed by atoms with E-state index in [2.05, 4.69) is 29.5 Å². The van der Waals surface area contributed by atoms with Crippen molar-refractivity contribution in [1.29, 1.82) is 0 Å². The number of amides is 1. The molecule has 0 aliphatic carbocycles. The van der Waals surface area contributed by atoms with Crippen LogP contribution in [-0.2, 0) is 0 Å². The van der Waals surface area contributed by atoms with Crippen molar-refractivity contribution in [2.24, 2.45) is 0 Å². The fourth-order valence-electron chi connectivity index (χ4n) is 3.76. The van der Waals surface area contributed by atoms with Crippen LogP contribution in [0.4, 0.5) is 5.69 Å². The summed E-state index contributed by atoms with van der Waals surface area (Å²) in [7, 11) is 0. The Kier molecular flexibility index (Phi) is 5.00. The summed E-state index contributed by atoms with van der Waals surface area (Å²) in [6.45, 7) is 3.10. The van der Waals surface area contributed by atoms with Crippen LogP contribution in [0.1, 0.15) is 16.1 Å². The zero-order chi connectivity index (χ0) is 23.1. The normalized spacial score (nSPS) is 12.6. The van der Waals surface area contributed by atoms with Crippen molar-refractivity contribution in [2.45, 2.75) is 6.92 Å². The Bertz CT molecular complexity index is 1520. The predicted molar refractivity (Wildman–Crippen MR) is 131 cm³/mol. The number of aryl methyl sites for hydroxylation is 1. The number of fused-ring (bicyclic) bond motifs is 2. The van der Waals surface area contributed by atoms with Gasteiger partial charge in [0.1, 0.15) is 18.2 Å². The van der Waals surface area contributed by atoms with Crippen LogP contribution in [-0.4, -0.2) is 29.3 Å². The van der Waals surface area contributed by atoms with E-state index in [0.29, 0.717) is 36.2 Å². The average Bonchev–Trinajstić information content (AvgIpc) is 3.52. The van der Waals surface area contributed by atoms with E-state index < -0.39 is 0 Å².